The molecule has 2 atom stereocenters. The minimum absolute atomic E-state index is 0. The number of para-hydroxylation sites is 1. The van der Waals surface area contributed by atoms with Gasteiger partial charge in [0.1, 0.15) is 17.1 Å². The molecule has 7 heteroatoms. The number of hydrogen-bond acceptors (Lipinski definition) is 5. The van der Waals surface area contributed by atoms with Gasteiger partial charge in [0, 0.05) is 10.9 Å². The molecule has 0 saturated heterocycles. The van der Waals surface area contributed by atoms with Gasteiger partial charge in [0.15, 0.2) is 17.2 Å². The maximum absolute atomic E-state index is 11.8. The lowest BCUT2D eigenvalue weighted by Crippen LogP contribution is -3.00. The molecular weight excluding hydrogens is 390 g/mol. The predicted octanol–water partition coefficient (Wildman–Crippen LogP) is 1.96. The summed E-state index contributed by atoms with van der Waals surface area (Å²) in [6.45, 7) is 3.87. The molecule has 6 nitrogen and oxygen atoms in total. The molecule has 0 aliphatic carbocycles. The van der Waals surface area contributed by atoms with Crippen molar-refractivity contribution in [3.63, 3.8) is 0 Å². The number of carboxylic acid groups (broad SMARTS) is 1. The molecule has 0 aliphatic rings. The normalized spacial score (nSPS) is 13.0. The van der Waals surface area contributed by atoms with Crippen LogP contribution in [0.15, 0.2) is 59.0 Å². The van der Waals surface area contributed by atoms with Gasteiger partial charge in [-0.1, -0.05) is 62.7 Å². The number of hydrogen-bond donors (Lipinski definition) is 2. The molecule has 2 N–H and O–H groups in total. The average molecular weight is 411 g/mol. The number of aliphatic carboxylic acids is 1. The van der Waals surface area contributed by atoms with E-state index in [4.69, 9.17) is 9.40 Å². The molecule has 150 valence electrons. The van der Waals surface area contributed by atoms with Crippen LogP contribution in [-0.2, 0) is 4.79 Å². The van der Waals surface area contributed by atoms with Gasteiger partial charge >= 0.3 is 5.97 Å². The third-order valence-corrected chi connectivity index (χ3v) is 5.02. The maximum atomic E-state index is 11.8. The number of fused-ring (bicyclic) bond motifs is 3. The molecule has 2 heterocycles. The quantitative estimate of drug-likeness (QED) is 0.505. The Hall–Kier alpha value is -3.12. The summed E-state index contributed by atoms with van der Waals surface area (Å²) in [4.78, 5) is 21.2. The Morgan fingerprint density at radius 2 is 1.79 bits per heavy atom. The zero-order chi connectivity index (χ0) is 19.7. The molecule has 0 spiro atoms. The standard InChI is InChI=1S/C22H21N3O3.ClH/c1-3-13(2)17(22(26)27)23-21-19-18(15-11-7-8-12-16(15)28-19)24-20(25-21)14-9-5-4-6-10-14;/h4-13,17H,3H2,1-2H3,(H,26,27)(H,23,24,25);1H/p-1/t13?,17-;/m0./s1. The van der Waals surface area contributed by atoms with Crippen molar-refractivity contribution in [2.45, 2.75) is 26.3 Å². The van der Waals surface area contributed by atoms with Gasteiger partial charge in [-0.15, -0.1) is 0 Å². The molecule has 29 heavy (non-hydrogen) atoms. The number of rotatable bonds is 6. The van der Waals surface area contributed by atoms with Crippen molar-refractivity contribution in [3.05, 3.63) is 54.6 Å². The van der Waals surface area contributed by atoms with Gasteiger partial charge in [0.2, 0.25) is 0 Å². The van der Waals surface area contributed by atoms with Gasteiger partial charge in [-0.05, 0) is 18.1 Å². The summed E-state index contributed by atoms with van der Waals surface area (Å²) in [5.41, 5.74) is 2.68. The summed E-state index contributed by atoms with van der Waals surface area (Å²) in [6.07, 6.45) is 0.726. The smallest absolute Gasteiger partial charge is 0.326 e. The molecule has 0 bridgehead atoms. The van der Waals surface area contributed by atoms with Crippen LogP contribution < -0.4 is 17.7 Å². The number of benzene rings is 2. The fourth-order valence-corrected chi connectivity index (χ4v) is 3.24. The third-order valence-electron chi connectivity index (χ3n) is 5.02. The van der Waals surface area contributed by atoms with Gasteiger partial charge in [0.25, 0.3) is 0 Å². The lowest BCUT2D eigenvalue weighted by atomic mass is 9.99. The molecule has 0 amide bonds. The van der Waals surface area contributed by atoms with Gasteiger partial charge in [-0.2, -0.15) is 0 Å². The lowest BCUT2D eigenvalue weighted by molar-refractivity contribution is -0.139. The van der Waals surface area contributed by atoms with E-state index in [-0.39, 0.29) is 18.3 Å². The van der Waals surface area contributed by atoms with Crippen molar-refractivity contribution in [1.29, 1.82) is 0 Å². The van der Waals surface area contributed by atoms with Crippen molar-refractivity contribution < 1.29 is 26.7 Å². The van der Waals surface area contributed by atoms with Crippen LogP contribution in [0, 0.1) is 5.92 Å². The number of furan rings is 1. The number of nitrogens with zero attached hydrogens (tertiary/aromatic N) is 2. The van der Waals surface area contributed by atoms with Gasteiger partial charge in [-0.3, -0.25) is 0 Å². The van der Waals surface area contributed by atoms with Crippen LogP contribution in [0.1, 0.15) is 20.3 Å². The summed E-state index contributed by atoms with van der Waals surface area (Å²) >= 11 is 0. The zero-order valence-electron chi connectivity index (χ0n) is 16.1. The molecule has 1 unspecified atom stereocenters. The highest BCUT2D eigenvalue weighted by molar-refractivity contribution is 6.06. The Kier molecular flexibility index (Phi) is 6.03. The second-order valence-corrected chi connectivity index (χ2v) is 6.88. The van der Waals surface area contributed by atoms with Crippen molar-refractivity contribution in [2.24, 2.45) is 5.92 Å². The van der Waals surface area contributed by atoms with Crippen LogP contribution in [0.2, 0.25) is 0 Å². The number of anilines is 1. The summed E-state index contributed by atoms with van der Waals surface area (Å²) in [7, 11) is 0. The largest absolute Gasteiger partial charge is 1.00 e. The van der Waals surface area contributed by atoms with Crippen LogP contribution in [0.3, 0.4) is 0 Å². The number of carbonyl (C=O) groups is 1. The van der Waals surface area contributed by atoms with Crippen molar-refractivity contribution in [2.75, 3.05) is 5.32 Å². The SMILES string of the molecule is CCC(C)[C@H](Nc1nc(-c2ccccc2)nc2c1oc1ccccc12)C(=O)O.[Cl-]. The lowest BCUT2D eigenvalue weighted by Gasteiger charge is -2.20. The van der Waals surface area contributed by atoms with E-state index in [1.165, 1.54) is 0 Å². The highest BCUT2D eigenvalue weighted by Crippen LogP contribution is 2.33. The van der Waals surface area contributed by atoms with E-state index in [2.05, 4.69) is 10.3 Å². The van der Waals surface area contributed by atoms with Crippen LogP contribution in [0.5, 0.6) is 0 Å². The second kappa shape index (κ2) is 8.49. The second-order valence-electron chi connectivity index (χ2n) is 6.88. The topological polar surface area (TPSA) is 88.3 Å². The number of carboxylic acids is 1. The fraction of sp³-hybridized carbons (Fsp3) is 0.227. The van der Waals surface area contributed by atoms with Gasteiger partial charge < -0.3 is 27.2 Å². The molecule has 0 fully saturated rings. The van der Waals surface area contributed by atoms with E-state index in [1.54, 1.807) is 0 Å². The average Bonchev–Trinajstić information content (AvgIpc) is 3.10. The van der Waals surface area contributed by atoms with Crippen LogP contribution in [0.4, 0.5) is 5.82 Å². The van der Waals surface area contributed by atoms with Crippen molar-refractivity contribution in [1.82, 2.24) is 9.97 Å². The Labute approximate surface area is 174 Å². The first-order valence-electron chi connectivity index (χ1n) is 9.32. The van der Waals surface area contributed by atoms with Crippen molar-refractivity contribution in [3.8, 4) is 11.4 Å². The summed E-state index contributed by atoms with van der Waals surface area (Å²) in [5, 5.41) is 13.7. The first-order valence-corrected chi connectivity index (χ1v) is 9.32. The first-order chi connectivity index (χ1) is 13.6. The molecule has 2 aromatic carbocycles. The van der Waals surface area contributed by atoms with E-state index in [9.17, 15) is 9.90 Å². The molecule has 2 aromatic heterocycles. The maximum Gasteiger partial charge on any atom is 0.326 e. The number of nitrogens with one attached hydrogen (secondary N) is 1. The minimum atomic E-state index is -0.918. The Morgan fingerprint density at radius 1 is 1.10 bits per heavy atom. The molecular formula is C22H21ClN3O3-. The fourth-order valence-electron chi connectivity index (χ4n) is 3.24. The van der Waals surface area contributed by atoms with E-state index < -0.39 is 12.0 Å². The Bertz CT molecular complexity index is 1140. The van der Waals surface area contributed by atoms with Gasteiger partial charge in [0.05, 0.1) is 0 Å². The predicted molar refractivity (Wildman–Crippen MR) is 109 cm³/mol. The van der Waals surface area contributed by atoms with Crippen LogP contribution >= 0.6 is 0 Å². The summed E-state index contributed by atoms with van der Waals surface area (Å²) < 4.78 is 5.99. The highest BCUT2D eigenvalue weighted by Gasteiger charge is 2.26. The van der Waals surface area contributed by atoms with E-state index >= 15 is 0 Å². The van der Waals surface area contributed by atoms with Gasteiger partial charge in [-0.25, -0.2) is 14.8 Å². The van der Waals surface area contributed by atoms with E-state index in [0.29, 0.717) is 28.3 Å². The Morgan fingerprint density at radius 3 is 2.48 bits per heavy atom. The summed E-state index contributed by atoms with van der Waals surface area (Å²) in [6, 6.07) is 16.5. The Balaban J connectivity index is 0.00000240. The molecule has 4 rings (SSSR count). The van der Waals surface area contributed by atoms with Crippen LogP contribution in [-0.4, -0.2) is 27.1 Å². The van der Waals surface area contributed by atoms with E-state index in [0.717, 1.165) is 17.4 Å². The molecule has 0 aliphatic heterocycles. The highest BCUT2D eigenvalue weighted by atomic mass is 35.5. The number of halogens is 1. The number of aromatic nitrogens is 2. The third kappa shape index (κ3) is 3.89. The zero-order valence-corrected chi connectivity index (χ0v) is 16.8. The van der Waals surface area contributed by atoms with Crippen molar-refractivity contribution >= 4 is 33.9 Å². The summed E-state index contributed by atoms with van der Waals surface area (Å²) in [5.74, 6) is -0.0752. The first kappa shape index (κ1) is 20.6. The van der Waals surface area contributed by atoms with E-state index in [1.807, 2.05) is 68.4 Å². The monoisotopic (exact) mass is 410 g/mol. The molecule has 0 saturated carbocycles. The molecule has 0 radical (unpaired) electrons. The molecule has 4 aromatic rings. The van der Waals surface area contributed by atoms with Crippen LogP contribution in [0.25, 0.3) is 33.5 Å². The minimum Gasteiger partial charge on any atom is -1.00 e.